The minimum atomic E-state index is 0.0708. The Morgan fingerprint density at radius 3 is 2.90 bits per heavy atom. The Kier molecular flexibility index (Phi) is 5.59. The van der Waals surface area contributed by atoms with Crippen molar-refractivity contribution in [1.29, 1.82) is 0 Å². The number of ether oxygens (including phenoxy) is 1. The van der Waals surface area contributed by atoms with E-state index in [-0.39, 0.29) is 5.92 Å². The summed E-state index contributed by atoms with van der Waals surface area (Å²) in [5, 5.41) is 5.36. The van der Waals surface area contributed by atoms with Gasteiger partial charge in [0.25, 0.3) is 0 Å². The quantitative estimate of drug-likeness (QED) is 0.579. The number of benzene rings is 1. The molecule has 0 spiro atoms. The van der Waals surface area contributed by atoms with E-state index in [1.54, 1.807) is 23.2 Å². The van der Waals surface area contributed by atoms with Gasteiger partial charge in [0.2, 0.25) is 0 Å². The Morgan fingerprint density at radius 2 is 2.25 bits per heavy atom. The van der Waals surface area contributed by atoms with E-state index in [1.165, 1.54) is 6.33 Å². The second-order valence-electron chi connectivity index (χ2n) is 4.31. The zero-order chi connectivity index (χ0) is 14.4. The van der Waals surface area contributed by atoms with Crippen LogP contribution in [-0.4, -0.2) is 28.0 Å². The highest BCUT2D eigenvalue weighted by Gasteiger charge is 2.16. The third-order valence-corrected chi connectivity index (χ3v) is 3.39. The van der Waals surface area contributed by atoms with Crippen LogP contribution in [0.3, 0.4) is 0 Å². The van der Waals surface area contributed by atoms with Gasteiger partial charge in [0.05, 0.1) is 19.8 Å². The van der Waals surface area contributed by atoms with Crippen LogP contribution in [0.25, 0.3) is 0 Å². The van der Waals surface area contributed by atoms with Crippen LogP contribution in [0, 0.1) is 0 Å². The molecule has 2 rings (SSSR count). The van der Waals surface area contributed by atoms with Gasteiger partial charge < -0.3 is 4.74 Å². The Hall–Kier alpha value is -1.36. The van der Waals surface area contributed by atoms with Crippen LogP contribution >= 0.6 is 23.2 Å². The number of aromatic nitrogens is 3. The number of hydrogen-bond donors (Lipinski definition) is 0. The molecule has 6 heteroatoms. The maximum Gasteiger partial charge on any atom is 0.137 e. The summed E-state index contributed by atoms with van der Waals surface area (Å²) in [6, 6.07) is 5.48. The molecule has 1 heterocycles. The van der Waals surface area contributed by atoms with Gasteiger partial charge in [0.15, 0.2) is 0 Å². The minimum Gasteiger partial charge on any atom is -0.377 e. The van der Waals surface area contributed by atoms with Gasteiger partial charge in [-0.2, -0.15) is 5.10 Å². The van der Waals surface area contributed by atoms with Crippen molar-refractivity contribution in [1.82, 2.24) is 14.8 Å². The highest BCUT2D eigenvalue weighted by atomic mass is 35.5. The Bertz CT molecular complexity index is 558. The molecule has 0 saturated heterocycles. The van der Waals surface area contributed by atoms with Crippen LogP contribution < -0.4 is 0 Å². The van der Waals surface area contributed by atoms with Crippen LogP contribution in [-0.2, 0) is 11.3 Å². The molecule has 0 amide bonds. The number of nitrogens with zero attached hydrogens (tertiary/aromatic N) is 3. The van der Waals surface area contributed by atoms with Gasteiger partial charge in [-0.3, -0.25) is 4.68 Å². The largest absolute Gasteiger partial charge is 0.377 e. The van der Waals surface area contributed by atoms with Crippen LogP contribution in [0.2, 0.25) is 10.0 Å². The summed E-state index contributed by atoms with van der Waals surface area (Å²) in [6.45, 7) is 5.30. The fourth-order valence-electron chi connectivity index (χ4n) is 1.92. The van der Waals surface area contributed by atoms with E-state index in [2.05, 4.69) is 16.7 Å². The van der Waals surface area contributed by atoms with E-state index < -0.39 is 0 Å². The zero-order valence-electron chi connectivity index (χ0n) is 10.9. The smallest absolute Gasteiger partial charge is 0.137 e. The minimum absolute atomic E-state index is 0.0708. The lowest BCUT2D eigenvalue weighted by Crippen LogP contribution is -2.16. The molecule has 4 nitrogen and oxygen atoms in total. The van der Waals surface area contributed by atoms with Gasteiger partial charge in [0.1, 0.15) is 12.7 Å². The summed E-state index contributed by atoms with van der Waals surface area (Å²) in [5.41, 5.74) is 0.982. The van der Waals surface area contributed by atoms with E-state index in [4.69, 9.17) is 27.9 Å². The third kappa shape index (κ3) is 4.07. The predicted molar refractivity (Wildman–Crippen MR) is 80.2 cm³/mol. The monoisotopic (exact) mass is 311 g/mol. The van der Waals surface area contributed by atoms with Crippen molar-refractivity contribution >= 4 is 23.2 Å². The molecule has 106 valence electrons. The molecule has 0 bridgehead atoms. The molecule has 0 fully saturated rings. The first-order valence-electron chi connectivity index (χ1n) is 6.16. The maximum absolute atomic E-state index is 6.27. The lowest BCUT2D eigenvalue weighted by atomic mass is 10.00. The third-order valence-electron chi connectivity index (χ3n) is 2.83. The van der Waals surface area contributed by atoms with E-state index in [1.807, 2.05) is 12.1 Å². The van der Waals surface area contributed by atoms with Crippen LogP contribution in [0.15, 0.2) is 43.5 Å². The normalized spacial score (nSPS) is 12.3. The second-order valence-corrected chi connectivity index (χ2v) is 5.15. The SMILES string of the molecule is C=CCOC[C@@H](Cn1cncn1)c1ccc(Cl)cc1Cl. The number of halogens is 2. The standard InChI is InChI=1S/C14H15Cl2N3O/c1-2-5-20-8-11(7-19-10-17-9-18-19)13-4-3-12(15)6-14(13)16/h2-4,6,9-11H,1,5,7-8H2/t11-/m1/s1. The molecule has 0 N–H and O–H groups in total. The number of rotatable bonds is 7. The average molecular weight is 312 g/mol. The molecule has 1 aromatic carbocycles. The lowest BCUT2D eigenvalue weighted by molar-refractivity contribution is 0.139. The molecule has 0 aliphatic rings. The summed E-state index contributed by atoms with van der Waals surface area (Å²) in [5.74, 6) is 0.0708. The van der Waals surface area contributed by atoms with Crippen LogP contribution in [0.5, 0.6) is 0 Å². The molecular weight excluding hydrogens is 297 g/mol. The van der Waals surface area contributed by atoms with Gasteiger partial charge in [-0.1, -0.05) is 35.3 Å². The summed E-state index contributed by atoms with van der Waals surface area (Å²) < 4.78 is 7.32. The predicted octanol–water partition coefficient (Wildman–Crippen LogP) is 3.57. The van der Waals surface area contributed by atoms with E-state index >= 15 is 0 Å². The topological polar surface area (TPSA) is 39.9 Å². The van der Waals surface area contributed by atoms with Crippen LogP contribution in [0.4, 0.5) is 0 Å². The van der Waals surface area contributed by atoms with Gasteiger partial charge >= 0.3 is 0 Å². The molecule has 1 aromatic heterocycles. The average Bonchev–Trinajstić information content (AvgIpc) is 2.91. The Morgan fingerprint density at radius 1 is 1.40 bits per heavy atom. The molecule has 20 heavy (non-hydrogen) atoms. The van der Waals surface area contributed by atoms with Gasteiger partial charge in [-0.15, -0.1) is 6.58 Å². The fraction of sp³-hybridized carbons (Fsp3) is 0.286. The second kappa shape index (κ2) is 7.43. The first kappa shape index (κ1) is 15.0. The number of hydrogen-bond acceptors (Lipinski definition) is 3. The van der Waals surface area contributed by atoms with Gasteiger partial charge in [-0.05, 0) is 17.7 Å². The van der Waals surface area contributed by atoms with Gasteiger partial charge in [-0.25, -0.2) is 4.98 Å². The Balaban J connectivity index is 2.17. The van der Waals surface area contributed by atoms with Crippen molar-refractivity contribution in [3.05, 3.63) is 59.1 Å². The highest BCUT2D eigenvalue weighted by Crippen LogP contribution is 2.28. The molecule has 0 saturated carbocycles. The molecule has 0 unspecified atom stereocenters. The maximum atomic E-state index is 6.27. The van der Waals surface area contributed by atoms with Crippen molar-refractivity contribution in [2.24, 2.45) is 0 Å². The molecular formula is C14H15Cl2N3O. The van der Waals surface area contributed by atoms with E-state index in [9.17, 15) is 0 Å². The van der Waals surface area contributed by atoms with Crippen molar-refractivity contribution in [3.63, 3.8) is 0 Å². The summed E-state index contributed by atoms with van der Waals surface area (Å²) in [6.07, 6.45) is 4.89. The summed E-state index contributed by atoms with van der Waals surface area (Å²) in [4.78, 5) is 3.94. The Labute approximate surface area is 128 Å². The van der Waals surface area contributed by atoms with Crippen molar-refractivity contribution < 1.29 is 4.74 Å². The molecule has 2 aromatic rings. The van der Waals surface area contributed by atoms with E-state index in [0.29, 0.717) is 29.8 Å². The van der Waals surface area contributed by atoms with Crippen molar-refractivity contribution in [2.75, 3.05) is 13.2 Å². The zero-order valence-corrected chi connectivity index (χ0v) is 12.4. The van der Waals surface area contributed by atoms with Crippen molar-refractivity contribution in [2.45, 2.75) is 12.5 Å². The molecule has 1 atom stereocenters. The fourth-order valence-corrected chi connectivity index (χ4v) is 2.48. The van der Waals surface area contributed by atoms with Gasteiger partial charge in [0, 0.05) is 16.0 Å². The highest BCUT2D eigenvalue weighted by molar-refractivity contribution is 6.35. The molecule has 0 aliphatic carbocycles. The summed E-state index contributed by atoms with van der Waals surface area (Å²) >= 11 is 12.2. The molecule has 0 aliphatic heterocycles. The molecule has 0 radical (unpaired) electrons. The van der Waals surface area contributed by atoms with E-state index in [0.717, 1.165) is 5.56 Å². The van der Waals surface area contributed by atoms with Crippen molar-refractivity contribution in [3.8, 4) is 0 Å². The van der Waals surface area contributed by atoms with Crippen LogP contribution in [0.1, 0.15) is 11.5 Å². The first-order chi connectivity index (χ1) is 9.70. The summed E-state index contributed by atoms with van der Waals surface area (Å²) in [7, 11) is 0. The lowest BCUT2D eigenvalue weighted by Gasteiger charge is -2.18. The first-order valence-corrected chi connectivity index (χ1v) is 6.92.